The number of anilines is 1. The molecule has 0 aliphatic carbocycles. The first kappa shape index (κ1) is 13.9. The lowest BCUT2D eigenvalue weighted by molar-refractivity contribution is 0.315. The lowest BCUT2D eigenvalue weighted by atomic mass is 10.1. The van der Waals surface area contributed by atoms with E-state index in [1.165, 1.54) is 0 Å². The maximum absolute atomic E-state index is 6.03. The molecule has 1 aromatic carbocycles. The van der Waals surface area contributed by atoms with Crippen molar-refractivity contribution in [3.05, 3.63) is 28.2 Å². The minimum atomic E-state index is -0.177. The van der Waals surface area contributed by atoms with Gasteiger partial charge in [-0.15, -0.1) is 0 Å². The van der Waals surface area contributed by atoms with Crippen LogP contribution in [0.15, 0.2) is 18.2 Å². The number of hydrazine groups is 1. The number of nitrogens with one attached hydrogen (secondary N) is 2. The van der Waals surface area contributed by atoms with Gasteiger partial charge in [-0.1, -0.05) is 37.0 Å². The summed E-state index contributed by atoms with van der Waals surface area (Å²) in [5.74, 6) is 0. The Balaban J connectivity index is 2.29. The first-order valence-electron chi connectivity index (χ1n) is 5.86. The highest BCUT2D eigenvalue weighted by Crippen LogP contribution is 2.29. The number of rotatable bonds is 3. The second-order valence-corrected chi connectivity index (χ2v) is 5.47. The normalized spacial score (nSPS) is 18.0. The Kier molecular flexibility index (Phi) is 4.02. The molecule has 1 aliphatic heterocycles. The minimum Gasteiger partial charge on any atom is -0.342 e. The van der Waals surface area contributed by atoms with Gasteiger partial charge in [-0.25, -0.2) is 10.4 Å². The van der Waals surface area contributed by atoms with Crippen molar-refractivity contribution in [3.63, 3.8) is 0 Å². The van der Waals surface area contributed by atoms with Crippen molar-refractivity contribution in [2.45, 2.75) is 32.4 Å². The standard InChI is InChI=1S/C12H15Cl2N3S/c1-3-12(4-2)15-11(18)17(16-12)8-5-6-9(13)10(14)7-8/h5-7,16H,3-4H2,1-2H3,(H,15,18). The van der Waals surface area contributed by atoms with Crippen molar-refractivity contribution in [2.75, 3.05) is 5.01 Å². The monoisotopic (exact) mass is 303 g/mol. The topological polar surface area (TPSA) is 27.3 Å². The van der Waals surface area contributed by atoms with E-state index in [2.05, 4.69) is 24.6 Å². The van der Waals surface area contributed by atoms with Crippen LogP contribution in [0.4, 0.5) is 5.69 Å². The van der Waals surface area contributed by atoms with Crippen molar-refractivity contribution in [3.8, 4) is 0 Å². The zero-order valence-corrected chi connectivity index (χ0v) is 12.6. The maximum Gasteiger partial charge on any atom is 0.189 e. The first-order chi connectivity index (χ1) is 8.51. The van der Waals surface area contributed by atoms with Crippen LogP contribution < -0.4 is 15.8 Å². The molecule has 1 heterocycles. The molecule has 0 amide bonds. The molecule has 0 atom stereocenters. The van der Waals surface area contributed by atoms with E-state index in [1.807, 2.05) is 11.1 Å². The van der Waals surface area contributed by atoms with Crippen molar-refractivity contribution in [1.82, 2.24) is 10.7 Å². The van der Waals surface area contributed by atoms with Crippen LogP contribution in [0, 0.1) is 0 Å². The molecule has 0 saturated carbocycles. The fourth-order valence-electron chi connectivity index (χ4n) is 1.94. The molecule has 2 N–H and O–H groups in total. The molecule has 98 valence electrons. The number of thiocarbonyl (C=S) groups is 1. The van der Waals surface area contributed by atoms with Crippen LogP contribution in [0.1, 0.15) is 26.7 Å². The summed E-state index contributed by atoms with van der Waals surface area (Å²) in [5, 5.41) is 6.86. The highest BCUT2D eigenvalue weighted by atomic mass is 35.5. The summed E-state index contributed by atoms with van der Waals surface area (Å²) in [6, 6.07) is 5.45. The highest BCUT2D eigenvalue weighted by Gasteiger charge is 2.37. The second kappa shape index (κ2) is 5.21. The van der Waals surface area contributed by atoms with E-state index >= 15 is 0 Å². The van der Waals surface area contributed by atoms with Gasteiger partial charge in [0.1, 0.15) is 5.66 Å². The summed E-state index contributed by atoms with van der Waals surface area (Å²) in [5.41, 5.74) is 4.10. The van der Waals surface area contributed by atoms with Gasteiger partial charge in [-0.2, -0.15) is 0 Å². The first-order valence-corrected chi connectivity index (χ1v) is 7.03. The van der Waals surface area contributed by atoms with Gasteiger partial charge in [0, 0.05) is 0 Å². The van der Waals surface area contributed by atoms with E-state index in [1.54, 1.807) is 12.1 Å². The van der Waals surface area contributed by atoms with Crippen LogP contribution in [-0.4, -0.2) is 10.8 Å². The summed E-state index contributed by atoms with van der Waals surface area (Å²) >= 11 is 17.3. The van der Waals surface area contributed by atoms with Gasteiger partial charge < -0.3 is 5.32 Å². The largest absolute Gasteiger partial charge is 0.342 e. The molecular formula is C12H15Cl2N3S. The van der Waals surface area contributed by atoms with Crippen LogP contribution in [0.3, 0.4) is 0 Å². The molecule has 6 heteroatoms. The zero-order valence-electron chi connectivity index (χ0n) is 10.3. The molecule has 0 aromatic heterocycles. The van der Waals surface area contributed by atoms with Crippen LogP contribution in [0.5, 0.6) is 0 Å². The Labute approximate surface area is 122 Å². The maximum atomic E-state index is 6.03. The van der Waals surface area contributed by atoms with Gasteiger partial charge in [0.05, 0.1) is 15.7 Å². The summed E-state index contributed by atoms with van der Waals surface area (Å²) in [7, 11) is 0. The van der Waals surface area contributed by atoms with E-state index in [0.717, 1.165) is 18.5 Å². The van der Waals surface area contributed by atoms with Crippen LogP contribution in [-0.2, 0) is 0 Å². The molecule has 1 aliphatic rings. The van der Waals surface area contributed by atoms with Gasteiger partial charge >= 0.3 is 0 Å². The average molecular weight is 304 g/mol. The van der Waals surface area contributed by atoms with Crippen LogP contribution >= 0.6 is 35.4 Å². The predicted octanol–water partition coefficient (Wildman–Crippen LogP) is 3.71. The minimum absolute atomic E-state index is 0.177. The third-order valence-corrected chi connectivity index (χ3v) is 4.27. The summed E-state index contributed by atoms with van der Waals surface area (Å²) in [6.07, 6.45) is 1.86. The number of hydrogen-bond acceptors (Lipinski definition) is 2. The summed E-state index contributed by atoms with van der Waals surface area (Å²) < 4.78 is 0. The molecule has 0 radical (unpaired) electrons. The van der Waals surface area contributed by atoms with Crippen molar-refractivity contribution in [1.29, 1.82) is 0 Å². The number of hydrogen-bond donors (Lipinski definition) is 2. The molecule has 0 unspecified atom stereocenters. The molecule has 0 bridgehead atoms. The molecule has 18 heavy (non-hydrogen) atoms. The van der Waals surface area contributed by atoms with E-state index in [9.17, 15) is 0 Å². The number of nitrogens with zero attached hydrogens (tertiary/aromatic N) is 1. The Hall–Kier alpha value is -0.550. The fourth-order valence-corrected chi connectivity index (χ4v) is 2.58. The lowest BCUT2D eigenvalue weighted by Gasteiger charge is -2.27. The molecular weight excluding hydrogens is 289 g/mol. The molecule has 1 aromatic rings. The predicted molar refractivity (Wildman–Crippen MR) is 81.1 cm³/mol. The van der Waals surface area contributed by atoms with Gasteiger partial charge in [-0.05, 0) is 43.3 Å². The van der Waals surface area contributed by atoms with E-state index in [4.69, 9.17) is 35.4 Å². The Morgan fingerprint density at radius 2 is 1.89 bits per heavy atom. The van der Waals surface area contributed by atoms with Gasteiger partial charge in [0.25, 0.3) is 0 Å². The summed E-state index contributed by atoms with van der Waals surface area (Å²) in [6.45, 7) is 4.23. The highest BCUT2D eigenvalue weighted by molar-refractivity contribution is 7.80. The molecule has 2 rings (SSSR count). The van der Waals surface area contributed by atoms with Gasteiger partial charge in [-0.3, -0.25) is 0 Å². The second-order valence-electron chi connectivity index (χ2n) is 4.26. The average Bonchev–Trinajstić information content (AvgIpc) is 2.71. The van der Waals surface area contributed by atoms with E-state index < -0.39 is 0 Å². The molecule has 0 spiro atoms. The fraction of sp³-hybridized carbons (Fsp3) is 0.417. The Morgan fingerprint density at radius 3 is 2.39 bits per heavy atom. The van der Waals surface area contributed by atoms with Gasteiger partial charge in [0.2, 0.25) is 0 Å². The van der Waals surface area contributed by atoms with Crippen LogP contribution in [0.2, 0.25) is 10.0 Å². The van der Waals surface area contributed by atoms with Crippen LogP contribution in [0.25, 0.3) is 0 Å². The van der Waals surface area contributed by atoms with Gasteiger partial charge in [0.15, 0.2) is 5.11 Å². The summed E-state index contributed by atoms with van der Waals surface area (Å²) in [4.78, 5) is 0. The smallest absolute Gasteiger partial charge is 0.189 e. The molecule has 1 saturated heterocycles. The van der Waals surface area contributed by atoms with Crippen molar-refractivity contribution in [2.24, 2.45) is 0 Å². The SMILES string of the molecule is CCC1(CC)NC(=S)N(c2ccc(Cl)c(Cl)c2)N1. The Bertz CT molecular complexity index is 474. The Morgan fingerprint density at radius 1 is 1.22 bits per heavy atom. The molecule has 3 nitrogen and oxygen atoms in total. The van der Waals surface area contributed by atoms with E-state index in [0.29, 0.717) is 15.2 Å². The molecule has 1 fully saturated rings. The lowest BCUT2D eigenvalue weighted by Crippen LogP contribution is -2.50. The quantitative estimate of drug-likeness (QED) is 0.833. The number of halogens is 2. The third kappa shape index (κ3) is 2.43. The van der Waals surface area contributed by atoms with Crippen molar-refractivity contribution >= 4 is 46.2 Å². The third-order valence-electron chi connectivity index (χ3n) is 3.24. The van der Waals surface area contributed by atoms with E-state index in [-0.39, 0.29) is 5.66 Å². The van der Waals surface area contributed by atoms with Crippen molar-refractivity contribution < 1.29 is 0 Å². The zero-order chi connectivity index (χ0) is 13.3. The number of benzene rings is 1.